The average Bonchev–Trinajstić information content (AvgIpc) is 2.36. The smallest absolute Gasteiger partial charge is 0.255 e. The van der Waals surface area contributed by atoms with Crippen LogP contribution in [0.1, 0.15) is 43.6 Å². The predicted octanol–water partition coefficient (Wildman–Crippen LogP) is 3.54. The summed E-state index contributed by atoms with van der Waals surface area (Å²) in [5.41, 5.74) is 2.84. The summed E-state index contributed by atoms with van der Waals surface area (Å²) in [5, 5.41) is 3.27. The molecule has 0 aliphatic carbocycles. The van der Waals surface area contributed by atoms with E-state index >= 15 is 0 Å². The Morgan fingerprint density at radius 1 is 1.32 bits per heavy atom. The van der Waals surface area contributed by atoms with Crippen molar-refractivity contribution in [2.24, 2.45) is 5.92 Å². The first-order chi connectivity index (χ1) is 8.88. The lowest BCUT2D eigenvalue weighted by molar-refractivity contribution is 0.0708. The highest BCUT2D eigenvalue weighted by Crippen LogP contribution is 2.21. The van der Waals surface area contributed by atoms with Gasteiger partial charge in [-0.1, -0.05) is 19.9 Å². The zero-order valence-electron chi connectivity index (χ0n) is 12.9. The lowest BCUT2D eigenvalue weighted by Crippen LogP contribution is -2.38. The molecule has 0 bridgehead atoms. The molecule has 0 heterocycles. The van der Waals surface area contributed by atoms with Crippen molar-refractivity contribution < 1.29 is 4.79 Å². The molecule has 0 fully saturated rings. The normalized spacial score (nSPS) is 12.4. The quantitative estimate of drug-likeness (QED) is 0.880. The third-order valence-corrected chi connectivity index (χ3v) is 3.67. The van der Waals surface area contributed by atoms with Crippen molar-refractivity contribution in [3.05, 3.63) is 29.3 Å². The van der Waals surface area contributed by atoms with Gasteiger partial charge >= 0.3 is 0 Å². The molecule has 3 heteroatoms. The maximum absolute atomic E-state index is 12.6. The van der Waals surface area contributed by atoms with Gasteiger partial charge in [-0.25, -0.2) is 0 Å². The van der Waals surface area contributed by atoms with E-state index < -0.39 is 0 Å². The fourth-order valence-electron chi connectivity index (χ4n) is 2.00. The molecule has 19 heavy (non-hydrogen) atoms. The number of aryl methyl sites for hydroxylation is 1. The van der Waals surface area contributed by atoms with Crippen molar-refractivity contribution in [3.8, 4) is 0 Å². The van der Waals surface area contributed by atoms with E-state index in [1.54, 1.807) is 0 Å². The van der Waals surface area contributed by atoms with Gasteiger partial charge in [0.1, 0.15) is 0 Å². The minimum atomic E-state index is 0.0807. The molecule has 0 aromatic heterocycles. The van der Waals surface area contributed by atoms with Crippen molar-refractivity contribution in [1.29, 1.82) is 0 Å². The van der Waals surface area contributed by atoms with Gasteiger partial charge in [-0.3, -0.25) is 4.79 Å². The first-order valence-corrected chi connectivity index (χ1v) is 7.00. The molecule has 0 radical (unpaired) electrons. The van der Waals surface area contributed by atoms with Gasteiger partial charge in [-0.15, -0.1) is 0 Å². The molecule has 3 nitrogen and oxygen atoms in total. The lowest BCUT2D eigenvalue weighted by Gasteiger charge is -2.29. The van der Waals surface area contributed by atoms with Crippen LogP contribution in [-0.2, 0) is 0 Å². The van der Waals surface area contributed by atoms with Gasteiger partial charge in [0.25, 0.3) is 5.91 Å². The van der Waals surface area contributed by atoms with Crippen LogP contribution < -0.4 is 5.32 Å². The monoisotopic (exact) mass is 262 g/mol. The highest BCUT2D eigenvalue weighted by molar-refractivity contribution is 5.99. The maximum atomic E-state index is 12.6. The number of carbonyl (C=O) groups is 1. The summed E-state index contributed by atoms with van der Waals surface area (Å²) in [6, 6.07) is 6.16. The summed E-state index contributed by atoms with van der Waals surface area (Å²) in [4.78, 5) is 14.4. The molecular formula is C16H26N2O. The van der Waals surface area contributed by atoms with Crippen LogP contribution in [0.3, 0.4) is 0 Å². The van der Waals surface area contributed by atoms with Crippen LogP contribution in [0.25, 0.3) is 0 Å². The Balaban J connectivity index is 3.05. The highest BCUT2D eigenvalue weighted by atomic mass is 16.2. The van der Waals surface area contributed by atoms with E-state index in [0.29, 0.717) is 5.92 Å². The summed E-state index contributed by atoms with van der Waals surface area (Å²) in [6.45, 7) is 11.2. The number of carbonyl (C=O) groups excluding carboxylic acids is 1. The maximum Gasteiger partial charge on any atom is 0.255 e. The molecule has 1 rings (SSSR count). The van der Waals surface area contributed by atoms with Crippen LogP contribution in [0.5, 0.6) is 0 Å². The molecule has 1 aromatic rings. The van der Waals surface area contributed by atoms with Crippen molar-refractivity contribution in [2.45, 2.75) is 40.7 Å². The molecule has 0 saturated heterocycles. The number of hydrogen-bond donors (Lipinski definition) is 1. The molecule has 1 unspecified atom stereocenters. The molecule has 0 spiro atoms. The zero-order chi connectivity index (χ0) is 14.6. The zero-order valence-corrected chi connectivity index (χ0v) is 12.9. The van der Waals surface area contributed by atoms with Gasteiger partial charge in [-0.05, 0) is 44.4 Å². The molecule has 1 aromatic carbocycles. The van der Waals surface area contributed by atoms with E-state index in [2.05, 4.69) is 26.1 Å². The van der Waals surface area contributed by atoms with Crippen LogP contribution in [0, 0.1) is 12.8 Å². The minimum Gasteiger partial charge on any atom is -0.385 e. The van der Waals surface area contributed by atoms with Crippen LogP contribution in [0.2, 0.25) is 0 Å². The van der Waals surface area contributed by atoms with Gasteiger partial charge < -0.3 is 10.2 Å². The van der Waals surface area contributed by atoms with E-state index in [1.807, 2.05) is 44.0 Å². The lowest BCUT2D eigenvalue weighted by atomic mass is 10.0. The molecule has 106 valence electrons. The molecule has 0 saturated carbocycles. The predicted molar refractivity (Wildman–Crippen MR) is 81.7 cm³/mol. The van der Waals surface area contributed by atoms with Crippen molar-refractivity contribution in [2.75, 3.05) is 18.9 Å². The number of nitrogens with one attached hydrogen (secondary N) is 1. The highest BCUT2D eigenvalue weighted by Gasteiger charge is 2.21. The molecule has 1 N–H and O–H groups in total. The van der Waals surface area contributed by atoms with Crippen molar-refractivity contribution in [1.82, 2.24) is 4.90 Å². The second-order valence-corrected chi connectivity index (χ2v) is 5.48. The van der Waals surface area contributed by atoms with Gasteiger partial charge in [0.05, 0.1) is 5.56 Å². The van der Waals surface area contributed by atoms with Crippen molar-refractivity contribution in [3.63, 3.8) is 0 Å². The first kappa shape index (κ1) is 15.5. The first-order valence-electron chi connectivity index (χ1n) is 7.00. The molecule has 0 aliphatic heterocycles. The summed E-state index contributed by atoms with van der Waals surface area (Å²) in [6.07, 6.45) is 0. The van der Waals surface area contributed by atoms with E-state index in [1.165, 1.54) is 0 Å². The number of rotatable bonds is 5. The van der Waals surface area contributed by atoms with E-state index in [9.17, 15) is 4.79 Å². The average molecular weight is 262 g/mol. The fraction of sp³-hybridized carbons (Fsp3) is 0.562. The van der Waals surface area contributed by atoms with Crippen LogP contribution in [0.4, 0.5) is 5.69 Å². The van der Waals surface area contributed by atoms with Gasteiger partial charge in [0, 0.05) is 25.3 Å². The second-order valence-electron chi connectivity index (χ2n) is 5.48. The van der Waals surface area contributed by atoms with Gasteiger partial charge in [0.15, 0.2) is 0 Å². The van der Waals surface area contributed by atoms with Crippen LogP contribution >= 0.6 is 0 Å². The molecular weight excluding hydrogens is 236 g/mol. The Hall–Kier alpha value is -1.51. The Kier molecular flexibility index (Phi) is 5.40. The third kappa shape index (κ3) is 3.72. The van der Waals surface area contributed by atoms with Gasteiger partial charge in [0.2, 0.25) is 0 Å². The number of nitrogens with zero attached hydrogens (tertiary/aromatic N) is 1. The molecule has 1 atom stereocenters. The van der Waals surface area contributed by atoms with Gasteiger partial charge in [-0.2, -0.15) is 0 Å². The summed E-state index contributed by atoms with van der Waals surface area (Å²) >= 11 is 0. The fourth-order valence-corrected chi connectivity index (χ4v) is 2.00. The largest absolute Gasteiger partial charge is 0.385 e. The minimum absolute atomic E-state index is 0.0807. The summed E-state index contributed by atoms with van der Waals surface area (Å²) in [7, 11) is 1.88. The van der Waals surface area contributed by atoms with Crippen LogP contribution in [-0.4, -0.2) is 30.4 Å². The SMILES string of the molecule is CCNc1cc(C)ccc1C(=O)N(C)C(C)C(C)C. The standard InChI is InChI=1S/C16H26N2O/c1-7-17-15-10-12(4)8-9-14(15)16(19)18(6)13(5)11(2)3/h8-11,13,17H,7H2,1-6H3. The topological polar surface area (TPSA) is 32.3 Å². The number of amides is 1. The van der Waals surface area contributed by atoms with Crippen molar-refractivity contribution >= 4 is 11.6 Å². The third-order valence-electron chi connectivity index (χ3n) is 3.67. The Labute approximate surface area is 117 Å². The van der Waals surface area contributed by atoms with E-state index in [4.69, 9.17) is 0 Å². The van der Waals surface area contributed by atoms with Crippen LogP contribution in [0.15, 0.2) is 18.2 Å². The number of hydrogen-bond acceptors (Lipinski definition) is 2. The Bertz CT molecular complexity index is 440. The Morgan fingerprint density at radius 2 is 1.95 bits per heavy atom. The number of anilines is 1. The number of benzene rings is 1. The Morgan fingerprint density at radius 3 is 2.47 bits per heavy atom. The second kappa shape index (κ2) is 6.60. The molecule has 0 aliphatic rings. The van der Waals surface area contributed by atoms with E-state index in [0.717, 1.165) is 23.4 Å². The summed E-state index contributed by atoms with van der Waals surface area (Å²) < 4.78 is 0. The molecule has 1 amide bonds. The summed E-state index contributed by atoms with van der Waals surface area (Å²) in [5.74, 6) is 0.527. The van der Waals surface area contributed by atoms with E-state index in [-0.39, 0.29) is 11.9 Å².